The largest absolute Gasteiger partial charge is 0.300 e. The van der Waals surface area contributed by atoms with E-state index in [0.717, 1.165) is 30.5 Å². The second-order valence-electron chi connectivity index (χ2n) is 4.95. The topological polar surface area (TPSA) is 33.2 Å². The number of likely N-dealkylation sites (tertiary alicyclic amines) is 1. The Hall–Kier alpha value is -1.45. The third-order valence-electron chi connectivity index (χ3n) is 3.60. The molecule has 4 heteroatoms. The molecule has 0 aliphatic carbocycles. The van der Waals surface area contributed by atoms with Gasteiger partial charge in [-0.05, 0) is 23.8 Å². The fourth-order valence-corrected chi connectivity index (χ4v) is 2.69. The second-order valence-corrected chi connectivity index (χ2v) is 5.38. The summed E-state index contributed by atoms with van der Waals surface area (Å²) in [5.74, 6) is 0.377. The van der Waals surface area contributed by atoms with Crippen molar-refractivity contribution in [2.75, 3.05) is 13.1 Å². The van der Waals surface area contributed by atoms with E-state index >= 15 is 0 Å². The van der Waals surface area contributed by atoms with Crippen LogP contribution < -0.4 is 0 Å². The number of piperidine rings is 1. The average molecular weight is 275 g/mol. The van der Waals surface area contributed by atoms with Gasteiger partial charge in [-0.3, -0.25) is 14.7 Å². The highest BCUT2D eigenvalue weighted by molar-refractivity contribution is 6.31. The smallest absolute Gasteiger partial charge is 0.135 e. The van der Waals surface area contributed by atoms with Gasteiger partial charge in [0, 0.05) is 49.1 Å². The number of nitrogens with zero attached hydrogens (tertiary/aromatic N) is 2. The maximum absolute atomic E-state index is 11.3. The number of fused-ring (bicyclic) bond motifs is 1. The minimum atomic E-state index is 0.377. The third kappa shape index (κ3) is 2.77. The lowest BCUT2D eigenvalue weighted by Gasteiger charge is -2.26. The zero-order valence-electron chi connectivity index (χ0n) is 10.6. The quantitative estimate of drug-likeness (QED) is 0.844. The molecule has 3 nitrogen and oxygen atoms in total. The second kappa shape index (κ2) is 5.27. The van der Waals surface area contributed by atoms with Gasteiger partial charge < -0.3 is 0 Å². The van der Waals surface area contributed by atoms with Crippen LogP contribution in [0.5, 0.6) is 0 Å². The number of ketones is 1. The molecular formula is C15H15ClN2O. The first-order valence-electron chi connectivity index (χ1n) is 6.49. The minimum Gasteiger partial charge on any atom is -0.300 e. The number of carbonyl (C=O) groups excluding carboxylic acids is 1. The highest BCUT2D eigenvalue weighted by Crippen LogP contribution is 2.22. The summed E-state index contributed by atoms with van der Waals surface area (Å²) in [5.41, 5.74) is 2.18. The summed E-state index contributed by atoms with van der Waals surface area (Å²) in [6.07, 6.45) is 3.17. The first-order chi connectivity index (χ1) is 9.22. The first kappa shape index (κ1) is 12.6. The van der Waals surface area contributed by atoms with Crippen LogP contribution in [0.2, 0.25) is 5.02 Å². The summed E-state index contributed by atoms with van der Waals surface area (Å²) in [6.45, 7) is 2.58. The number of Topliss-reactive ketones (excluding diaryl/α,β-unsaturated/α-hetero) is 1. The lowest BCUT2D eigenvalue weighted by molar-refractivity contribution is -0.121. The van der Waals surface area contributed by atoms with Crippen LogP contribution >= 0.6 is 11.6 Å². The van der Waals surface area contributed by atoms with Crippen LogP contribution in [0, 0.1) is 0 Å². The van der Waals surface area contributed by atoms with E-state index in [1.165, 1.54) is 5.56 Å². The maximum atomic E-state index is 11.3. The summed E-state index contributed by atoms with van der Waals surface area (Å²) >= 11 is 5.99. The number of hydrogen-bond acceptors (Lipinski definition) is 3. The fraction of sp³-hybridized carbons (Fsp3) is 0.333. The van der Waals surface area contributed by atoms with Gasteiger partial charge in [-0.1, -0.05) is 17.7 Å². The van der Waals surface area contributed by atoms with Gasteiger partial charge >= 0.3 is 0 Å². The van der Waals surface area contributed by atoms with Crippen LogP contribution in [-0.2, 0) is 11.3 Å². The number of aromatic nitrogens is 1. The Morgan fingerprint density at radius 1 is 1.21 bits per heavy atom. The van der Waals surface area contributed by atoms with Crippen molar-refractivity contribution in [2.24, 2.45) is 0 Å². The molecule has 19 heavy (non-hydrogen) atoms. The molecule has 1 aromatic heterocycles. The van der Waals surface area contributed by atoms with Crippen LogP contribution in [0.25, 0.3) is 10.9 Å². The number of carbonyl (C=O) groups is 1. The van der Waals surface area contributed by atoms with Gasteiger partial charge in [0.1, 0.15) is 5.78 Å². The van der Waals surface area contributed by atoms with Gasteiger partial charge in [-0.25, -0.2) is 0 Å². The van der Waals surface area contributed by atoms with Crippen molar-refractivity contribution in [3.05, 3.63) is 41.0 Å². The van der Waals surface area contributed by atoms with E-state index in [-0.39, 0.29) is 0 Å². The Morgan fingerprint density at radius 3 is 2.79 bits per heavy atom. The monoisotopic (exact) mass is 274 g/mol. The molecule has 2 aromatic rings. The molecule has 0 saturated carbocycles. The summed E-state index contributed by atoms with van der Waals surface area (Å²) in [5, 5.41) is 1.85. The lowest BCUT2D eigenvalue weighted by Crippen LogP contribution is -2.33. The fourth-order valence-electron chi connectivity index (χ4n) is 2.52. The number of rotatable bonds is 2. The van der Waals surface area contributed by atoms with Crippen LogP contribution in [0.3, 0.4) is 0 Å². The molecule has 0 radical (unpaired) electrons. The zero-order valence-corrected chi connectivity index (χ0v) is 11.4. The number of pyridine rings is 1. The Balaban J connectivity index is 1.86. The van der Waals surface area contributed by atoms with Crippen molar-refractivity contribution in [1.82, 2.24) is 9.88 Å². The molecule has 1 aromatic carbocycles. The van der Waals surface area contributed by atoms with E-state index in [1.807, 2.05) is 30.5 Å². The van der Waals surface area contributed by atoms with Crippen LogP contribution in [-0.4, -0.2) is 28.8 Å². The van der Waals surface area contributed by atoms with E-state index in [2.05, 4.69) is 9.88 Å². The molecule has 0 unspecified atom stereocenters. The molecule has 0 spiro atoms. The highest BCUT2D eigenvalue weighted by atomic mass is 35.5. The molecule has 1 fully saturated rings. The molecule has 1 aliphatic heterocycles. The van der Waals surface area contributed by atoms with Gasteiger partial charge in [-0.15, -0.1) is 0 Å². The molecule has 0 amide bonds. The van der Waals surface area contributed by atoms with Crippen LogP contribution in [0.4, 0.5) is 0 Å². The number of hydrogen-bond donors (Lipinski definition) is 0. The number of benzene rings is 1. The van der Waals surface area contributed by atoms with Gasteiger partial charge in [0.15, 0.2) is 0 Å². The Morgan fingerprint density at radius 2 is 2.00 bits per heavy atom. The molecule has 1 aliphatic rings. The van der Waals surface area contributed by atoms with E-state index in [0.29, 0.717) is 23.6 Å². The molecule has 0 N–H and O–H groups in total. The Labute approximate surface area is 117 Å². The maximum Gasteiger partial charge on any atom is 0.135 e. The zero-order chi connectivity index (χ0) is 13.2. The third-order valence-corrected chi connectivity index (χ3v) is 3.84. The van der Waals surface area contributed by atoms with Gasteiger partial charge in [0.05, 0.1) is 5.52 Å². The number of halogens is 1. The van der Waals surface area contributed by atoms with Gasteiger partial charge in [0.25, 0.3) is 0 Å². The SMILES string of the molecule is O=C1CCN(Cc2ccnc3cc(Cl)ccc23)CC1. The van der Waals surface area contributed by atoms with Crippen molar-refractivity contribution in [3.8, 4) is 0 Å². The molecule has 3 rings (SSSR count). The van der Waals surface area contributed by atoms with Crippen LogP contribution in [0.15, 0.2) is 30.5 Å². The van der Waals surface area contributed by atoms with Gasteiger partial charge in [0.2, 0.25) is 0 Å². The molecule has 0 atom stereocenters. The molecule has 98 valence electrons. The Kier molecular flexibility index (Phi) is 3.49. The summed E-state index contributed by atoms with van der Waals surface area (Å²) < 4.78 is 0. The van der Waals surface area contributed by atoms with E-state index in [9.17, 15) is 4.79 Å². The molecule has 0 bridgehead atoms. The first-order valence-corrected chi connectivity index (χ1v) is 6.87. The average Bonchev–Trinajstić information content (AvgIpc) is 2.41. The van der Waals surface area contributed by atoms with Crippen molar-refractivity contribution in [1.29, 1.82) is 0 Å². The predicted octanol–water partition coefficient (Wildman–Crippen LogP) is 3.05. The van der Waals surface area contributed by atoms with Crippen molar-refractivity contribution < 1.29 is 4.79 Å². The molecule has 1 saturated heterocycles. The van der Waals surface area contributed by atoms with Gasteiger partial charge in [-0.2, -0.15) is 0 Å². The molecule has 2 heterocycles. The standard InChI is InChI=1S/C15H15ClN2O/c16-12-1-2-14-11(3-6-17-15(14)9-12)10-18-7-4-13(19)5-8-18/h1-3,6,9H,4-5,7-8,10H2. The summed E-state index contributed by atoms with van der Waals surface area (Å²) in [6, 6.07) is 7.86. The van der Waals surface area contributed by atoms with E-state index in [4.69, 9.17) is 11.6 Å². The van der Waals surface area contributed by atoms with E-state index < -0.39 is 0 Å². The summed E-state index contributed by atoms with van der Waals surface area (Å²) in [7, 11) is 0. The molecular weight excluding hydrogens is 260 g/mol. The predicted molar refractivity (Wildman–Crippen MR) is 76.3 cm³/mol. The van der Waals surface area contributed by atoms with Crippen molar-refractivity contribution >= 4 is 28.3 Å². The minimum absolute atomic E-state index is 0.377. The highest BCUT2D eigenvalue weighted by Gasteiger charge is 2.16. The van der Waals surface area contributed by atoms with E-state index in [1.54, 1.807) is 0 Å². The summed E-state index contributed by atoms with van der Waals surface area (Å²) in [4.78, 5) is 17.9. The lowest BCUT2D eigenvalue weighted by atomic mass is 10.1. The van der Waals surface area contributed by atoms with Crippen molar-refractivity contribution in [3.63, 3.8) is 0 Å². The van der Waals surface area contributed by atoms with Crippen molar-refractivity contribution in [2.45, 2.75) is 19.4 Å². The normalized spacial score (nSPS) is 17.0. The van der Waals surface area contributed by atoms with Crippen LogP contribution in [0.1, 0.15) is 18.4 Å². The Bertz CT molecular complexity index is 617.